The Morgan fingerprint density at radius 1 is 1.33 bits per heavy atom. The number of aromatic nitrogens is 2. The van der Waals surface area contributed by atoms with Crippen molar-refractivity contribution in [2.45, 2.75) is 52.4 Å². The van der Waals surface area contributed by atoms with Crippen LogP contribution in [0.25, 0.3) is 0 Å². The lowest BCUT2D eigenvalue weighted by molar-refractivity contribution is -0.174. The SMILES string of the molecule is CCC(NC)c1c(C)nn(CCCOCC(F)(F)F)c1C. The van der Waals surface area contributed by atoms with Crippen LogP contribution < -0.4 is 5.32 Å². The first-order chi connectivity index (χ1) is 9.80. The van der Waals surface area contributed by atoms with Crippen LogP contribution in [0.5, 0.6) is 0 Å². The number of hydrogen-bond acceptors (Lipinski definition) is 3. The molecule has 122 valence electrons. The molecule has 0 spiro atoms. The quantitative estimate of drug-likeness (QED) is 0.750. The molecule has 0 aromatic carbocycles. The van der Waals surface area contributed by atoms with E-state index < -0.39 is 12.8 Å². The highest BCUT2D eigenvalue weighted by molar-refractivity contribution is 5.28. The number of ether oxygens (including phenoxy) is 1. The normalized spacial score (nSPS) is 13.7. The molecule has 0 amide bonds. The van der Waals surface area contributed by atoms with Crippen molar-refractivity contribution in [3.63, 3.8) is 0 Å². The molecule has 0 saturated carbocycles. The van der Waals surface area contributed by atoms with Crippen LogP contribution in [-0.2, 0) is 11.3 Å². The molecule has 0 bridgehead atoms. The fourth-order valence-electron chi connectivity index (χ4n) is 2.49. The summed E-state index contributed by atoms with van der Waals surface area (Å²) in [5, 5.41) is 7.73. The standard InChI is InChI=1S/C14H24F3N3O/c1-5-12(18-4)13-10(2)19-20(11(13)3)7-6-8-21-9-14(15,16)17/h12,18H,5-9H2,1-4H3. The second-order valence-corrected chi connectivity index (χ2v) is 5.08. The minimum atomic E-state index is -4.26. The first kappa shape index (κ1) is 18.0. The molecule has 21 heavy (non-hydrogen) atoms. The van der Waals surface area contributed by atoms with Gasteiger partial charge >= 0.3 is 6.18 Å². The summed E-state index contributed by atoms with van der Waals surface area (Å²) in [6, 6.07) is 0.250. The predicted octanol–water partition coefficient (Wildman–Crippen LogP) is 3.14. The molecule has 0 aliphatic heterocycles. The molecule has 4 nitrogen and oxygen atoms in total. The third-order valence-electron chi connectivity index (χ3n) is 3.47. The summed E-state index contributed by atoms with van der Waals surface area (Å²) in [4.78, 5) is 0. The minimum absolute atomic E-state index is 0.0798. The van der Waals surface area contributed by atoms with E-state index in [1.165, 1.54) is 5.56 Å². The van der Waals surface area contributed by atoms with Gasteiger partial charge in [-0.25, -0.2) is 0 Å². The number of alkyl halides is 3. The van der Waals surface area contributed by atoms with Gasteiger partial charge in [-0.2, -0.15) is 18.3 Å². The summed E-state index contributed by atoms with van der Waals surface area (Å²) in [5.74, 6) is 0. The number of halogens is 3. The van der Waals surface area contributed by atoms with Crippen molar-refractivity contribution in [2.75, 3.05) is 20.3 Å². The van der Waals surface area contributed by atoms with Gasteiger partial charge in [-0.3, -0.25) is 4.68 Å². The maximum absolute atomic E-state index is 11.9. The number of rotatable bonds is 8. The van der Waals surface area contributed by atoms with E-state index in [2.05, 4.69) is 22.1 Å². The molecule has 0 fully saturated rings. The second kappa shape index (κ2) is 7.79. The van der Waals surface area contributed by atoms with Crippen molar-refractivity contribution in [3.05, 3.63) is 17.0 Å². The molecule has 0 radical (unpaired) electrons. The molecular weight excluding hydrogens is 283 g/mol. The van der Waals surface area contributed by atoms with Gasteiger partial charge in [0, 0.05) is 30.5 Å². The maximum Gasteiger partial charge on any atom is 0.411 e. The molecule has 1 aromatic heterocycles. The van der Waals surface area contributed by atoms with E-state index in [4.69, 9.17) is 0 Å². The minimum Gasteiger partial charge on any atom is -0.372 e. The van der Waals surface area contributed by atoms with Crippen LogP contribution in [-0.4, -0.2) is 36.2 Å². The van der Waals surface area contributed by atoms with Crippen molar-refractivity contribution in [1.82, 2.24) is 15.1 Å². The Morgan fingerprint density at radius 3 is 2.52 bits per heavy atom. The van der Waals surface area contributed by atoms with Gasteiger partial charge in [0.2, 0.25) is 0 Å². The molecule has 0 aliphatic carbocycles. The van der Waals surface area contributed by atoms with Crippen molar-refractivity contribution >= 4 is 0 Å². The lowest BCUT2D eigenvalue weighted by atomic mass is 10.0. The summed E-state index contributed by atoms with van der Waals surface area (Å²) in [7, 11) is 1.91. The lowest BCUT2D eigenvalue weighted by Gasteiger charge is -2.15. The fraction of sp³-hybridized carbons (Fsp3) is 0.786. The smallest absolute Gasteiger partial charge is 0.372 e. The van der Waals surface area contributed by atoms with E-state index >= 15 is 0 Å². The van der Waals surface area contributed by atoms with Crippen molar-refractivity contribution < 1.29 is 17.9 Å². The summed E-state index contributed by atoms with van der Waals surface area (Å²) < 4.78 is 42.3. The average molecular weight is 307 g/mol. The molecule has 1 unspecified atom stereocenters. The third kappa shape index (κ3) is 5.32. The van der Waals surface area contributed by atoms with Crippen LogP contribution in [0.15, 0.2) is 0 Å². The van der Waals surface area contributed by atoms with Gasteiger partial charge < -0.3 is 10.1 Å². The van der Waals surface area contributed by atoms with Crippen LogP contribution in [0, 0.1) is 13.8 Å². The van der Waals surface area contributed by atoms with E-state index in [-0.39, 0.29) is 12.6 Å². The third-order valence-corrected chi connectivity index (χ3v) is 3.47. The van der Waals surface area contributed by atoms with Gasteiger partial charge in [0.15, 0.2) is 0 Å². The zero-order valence-corrected chi connectivity index (χ0v) is 13.0. The van der Waals surface area contributed by atoms with Crippen LogP contribution in [0.3, 0.4) is 0 Å². The highest BCUT2D eigenvalue weighted by Gasteiger charge is 2.27. The molecule has 1 N–H and O–H groups in total. The number of aryl methyl sites for hydroxylation is 2. The van der Waals surface area contributed by atoms with Crippen LogP contribution >= 0.6 is 0 Å². The van der Waals surface area contributed by atoms with Gasteiger partial charge in [0.05, 0.1) is 5.69 Å². The van der Waals surface area contributed by atoms with Gasteiger partial charge in [0.1, 0.15) is 6.61 Å². The highest BCUT2D eigenvalue weighted by Crippen LogP contribution is 2.24. The number of nitrogens with one attached hydrogen (secondary N) is 1. The van der Waals surface area contributed by atoms with Crippen molar-refractivity contribution in [2.24, 2.45) is 0 Å². The Balaban J connectivity index is 2.55. The van der Waals surface area contributed by atoms with Crippen LogP contribution in [0.4, 0.5) is 13.2 Å². The Morgan fingerprint density at radius 2 is 2.00 bits per heavy atom. The Bertz CT molecular complexity index is 439. The summed E-state index contributed by atoms with van der Waals surface area (Å²) in [6.45, 7) is 5.50. The molecular formula is C14H24F3N3O. The number of nitrogens with zero attached hydrogens (tertiary/aromatic N) is 2. The Labute approximate surface area is 123 Å². The zero-order valence-electron chi connectivity index (χ0n) is 13.0. The van der Waals surface area contributed by atoms with E-state index in [0.29, 0.717) is 13.0 Å². The average Bonchev–Trinajstić information content (AvgIpc) is 2.66. The van der Waals surface area contributed by atoms with Gasteiger partial charge in [-0.05, 0) is 33.7 Å². The lowest BCUT2D eigenvalue weighted by Crippen LogP contribution is -2.18. The van der Waals surface area contributed by atoms with E-state index in [9.17, 15) is 13.2 Å². The molecule has 1 rings (SSSR count). The number of hydrogen-bond donors (Lipinski definition) is 1. The molecule has 1 aromatic rings. The molecule has 7 heteroatoms. The predicted molar refractivity (Wildman–Crippen MR) is 75.3 cm³/mol. The van der Waals surface area contributed by atoms with Crippen LogP contribution in [0.2, 0.25) is 0 Å². The summed E-state index contributed by atoms with van der Waals surface area (Å²) in [5.41, 5.74) is 3.20. The highest BCUT2D eigenvalue weighted by atomic mass is 19.4. The van der Waals surface area contributed by atoms with Crippen molar-refractivity contribution in [1.29, 1.82) is 0 Å². The Hall–Kier alpha value is -1.08. The second-order valence-electron chi connectivity index (χ2n) is 5.08. The molecule has 1 atom stereocenters. The van der Waals surface area contributed by atoms with E-state index in [1.807, 2.05) is 25.6 Å². The van der Waals surface area contributed by atoms with Crippen molar-refractivity contribution in [3.8, 4) is 0 Å². The monoisotopic (exact) mass is 307 g/mol. The van der Waals surface area contributed by atoms with Gasteiger partial charge in [-0.15, -0.1) is 0 Å². The molecule has 1 heterocycles. The summed E-state index contributed by atoms with van der Waals surface area (Å²) in [6.07, 6.45) is -2.79. The van der Waals surface area contributed by atoms with E-state index in [1.54, 1.807) is 0 Å². The first-order valence-corrected chi connectivity index (χ1v) is 7.15. The topological polar surface area (TPSA) is 39.1 Å². The first-order valence-electron chi connectivity index (χ1n) is 7.15. The van der Waals surface area contributed by atoms with E-state index in [0.717, 1.165) is 17.8 Å². The summed E-state index contributed by atoms with van der Waals surface area (Å²) >= 11 is 0. The van der Waals surface area contributed by atoms with Gasteiger partial charge in [0.25, 0.3) is 0 Å². The molecule has 0 saturated heterocycles. The molecule has 0 aliphatic rings. The fourth-order valence-corrected chi connectivity index (χ4v) is 2.49. The zero-order chi connectivity index (χ0) is 16.0. The van der Waals surface area contributed by atoms with Crippen LogP contribution in [0.1, 0.15) is 42.8 Å². The maximum atomic E-state index is 11.9. The Kier molecular flexibility index (Phi) is 6.67. The van der Waals surface area contributed by atoms with Gasteiger partial charge in [-0.1, -0.05) is 6.92 Å². The largest absolute Gasteiger partial charge is 0.411 e.